The van der Waals surface area contributed by atoms with Gasteiger partial charge in [0.15, 0.2) is 5.82 Å². The summed E-state index contributed by atoms with van der Waals surface area (Å²) >= 11 is 0. The third kappa shape index (κ3) is 6.13. The molecule has 0 aliphatic heterocycles. The first-order valence-electron chi connectivity index (χ1n) is 24.2. The molecule has 0 spiro atoms. The second-order valence-corrected chi connectivity index (χ2v) is 18.3. The van der Waals surface area contributed by atoms with Crippen molar-refractivity contribution in [3.8, 4) is 35.0 Å². The molecule has 7 nitrogen and oxygen atoms in total. The summed E-state index contributed by atoms with van der Waals surface area (Å²) in [6.07, 6.45) is 0. The van der Waals surface area contributed by atoms with Crippen molar-refractivity contribution in [1.29, 1.82) is 5.26 Å². The van der Waals surface area contributed by atoms with Gasteiger partial charge < -0.3 is 4.57 Å². The molecule has 72 heavy (non-hydrogen) atoms. The highest BCUT2D eigenvalue weighted by Gasteiger charge is 2.38. The van der Waals surface area contributed by atoms with E-state index in [0.29, 0.717) is 23.3 Å². The SMILES string of the molecule is N#Cc1ccc2c(c1)c1ccccc1n2-c1nc(-c2cccc(C(c3ccccc3)(c3ccccc3)c3ccccc3)c2)nc(-n2c3ccccc3c3ccc4c(c5ccccc5n4-c4ccccc4)c32)n1. The molecule has 0 atom stereocenters. The van der Waals surface area contributed by atoms with Gasteiger partial charge in [0, 0.05) is 43.6 Å². The fourth-order valence-electron chi connectivity index (χ4n) is 11.5. The van der Waals surface area contributed by atoms with Crippen LogP contribution in [-0.4, -0.2) is 28.7 Å². The summed E-state index contributed by atoms with van der Waals surface area (Å²) in [5.74, 6) is 1.46. The summed E-state index contributed by atoms with van der Waals surface area (Å²) in [7, 11) is 0. The summed E-state index contributed by atoms with van der Waals surface area (Å²) in [6, 6.07) is 89.8. The van der Waals surface area contributed by atoms with Gasteiger partial charge in [0.25, 0.3) is 0 Å². The fourth-order valence-corrected chi connectivity index (χ4v) is 11.5. The molecule has 0 radical (unpaired) electrons. The third-order valence-corrected chi connectivity index (χ3v) is 14.5. The number of fused-ring (bicyclic) bond motifs is 10. The number of aromatic nitrogens is 6. The van der Waals surface area contributed by atoms with Gasteiger partial charge in [-0.2, -0.15) is 20.2 Å². The Morgan fingerprint density at radius 1 is 0.347 bits per heavy atom. The Morgan fingerprint density at radius 3 is 1.46 bits per heavy atom. The second kappa shape index (κ2) is 16.4. The van der Waals surface area contributed by atoms with E-state index in [9.17, 15) is 5.26 Å². The third-order valence-electron chi connectivity index (χ3n) is 14.5. The highest BCUT2D eigenvalue weighted by atomic mass is 15.3. The zero-order valence-electron chi connectivity index (χ0n) is 38.8. The van der Waals surface area contributed by atoms with Crippen molar-refractivity contribution in [1.82, 2.24) is 28.7 Å². The minimum atomic E-state index is -0.699. The molecule has 0 saturated carbocycles. The number of nitrogens with zero attached hydrogens (tertiary/aromatic N) is 7. The number of hydrogen-bond acceptors (Lipinski definition) is 4. The van der Waals surface area contributed by atoms with Crippen molar-refractivity contribution in [3.63, 3.8) is 0 Å². The molecule has 0 N–H and O–H groups in total. The summed E-state index contributed by atoms with van der Waals surface area (Å²) in [4.78, 5) is 16.7. The lowest BCUT2D eigenvalue weighted by Crippen LogP contribution is -2.31. The fraction of sp³-hybridized carbons (Fsp3) is 0.0154. The van der Waals surface area contributed by atoms with Crippen LogP contribution in [0, 0.1) is 11.3 Å². The van der Waals surface area contributed by atoms with Gasteiger partial charge in [-0.05, 0) is 82.9 Å². The van der Waals surface area contributed by atoms with Crippen molar-refractivity contribution in [3.05, 3.63) is 277 Å². The number of benzene rings is 10. The molecule has 0 amide bonds. The van der Waals surface area contributed by atoms with Gasteiger partial charge in [0.2, 0.25) is 11.9 Å². The average molecular weight is 920 g/mol. The average Bonchev–Trinajstić information content (AvgIpc) is 4.10. The van der Waals surface area contributed by atoms with E-state index < -0.39 is 5.41 Å². The van der Waals surface area contributed by atoms with Crippen LogP contribution >= 0.6 is 0 Å². The van der Waals surface area contributed by atoms with Crippen molar-refractivity contribution in [2.75, 3.05) is 0 Å². The normalized spacial score (nSPS) is 11.9. The van der Waals surface area contributed by atoms with Crippen LogP contribution in [0.5, 0.6) is 0 Å². The highest BCUT2D eigenvalue weighted by molar-refractivity contribution is 6.26. The zero-order valence-corrected chi connectivity index (χ0v) is 38.8. The van der Waals surface area contributed by atoms with Crippen LogP contribution in [0.15, 0.2) is 249 Å². The number of rotatable bonds is 8. The molecule has 0 fully saturated rings. The predicted octanol–water partition coefficient (Wildman–Crippen LogP) is 15.1. The monoisotopic (exact) mass is 919 g/mol. The maximum absolute atomic E-state index is 10.1. The van der Waals surface area contributed by atoms with Gasteiger partial charge in [-0.3, -0.25) is 9.13 Å². The van der Waals surface area contributed by atoms with Crippen LogP contribution in [0.1, 0.15) is 27.8 Å². The van der Waals surface area contributed by atoms with Crippen LogP contribution in [0.4, 0.5) is 0 Å². The lowest BCUT2D eigenvalue weighted by Gasteiger charge is -2.37. The van der Waals surface area contributed by atoms with Crippen LogP contribution in [0.3, 0.4) is 0 Å². The van der Waals surface area contributed by atoms with Crippen LogP contribution in [0.2, 0.25) is 0 Å². The number of hydrogen-bond donors (Lipinski definition) is 0. The van der Waals surface area contributed by atoms with Crippen LogP contribution in [0.25, 0.3) is 94.4 Å². The molecule has 0 saturated heterocycles. The van der Waals surface area contributed by atoms with Crippen LogP contribution < -0.4 is 0 Å². The first-order chi connectivity index (χ1) is 35.7. The summed E-state index contributed by atoms with van der Waals surface area (Å²) in [5, 5.41) is 16.4. The minimum absolute atomic E-state index is 0.460. The Labute approximate surface area is 414 Å². The molecule has 4 aromatic heterocycles. The Kier molecular flexibility index (Phi) is 9.35. The summed E-state index contributed by atoms with van der Waals surface area (Å²) in [5.41, 5.74) is 12.3. The molecule has 14 rings (SSSR count). The Morgan fingerprint density at radius 2 is 0.833 bits per heavy atom. The zero-order chi connectivity index (χ0) is 47.8. The molecule has 0 bridgehead atoms. The van der Waals surface area contributed by atoms with Crippen molar-refractivity contribution in [2.24, 2.45) is 0 Å². The van der Waals surface area contributed by atoms with Gasteiger partial charge in [0.1, 0.15) is 0 Å². The predicted molar refractivity (Wildman–Crippen MR) is 291 cm³/mol. The topological polar surface area (TPSA) is 77.2 Å². The van der Waals surface area contributed by atoms with Gasteiger partial charge in [-0.25, -0.2) is 0 Å². The van der Waals surface area contributed by atoms with E-state index in [-0.39, 0.29) is 0 Å². The molecule has 14 aromatic rings. The summed E-state index contributed by atoms with van der Waals surface area (Å²) in [6.45, 7) is 0. The number of nitriles is 1. The maximum Gasteiger partial charge on any atom is 0.240 e. The second-order valence-electron chi connectivity index (χ2n) is 18.3. The van der Waals surface area contributed by atoms with Gasteiger partial charge in [-0.15, -0.1) is 0 Å². The molecule has 336 valence electrons. The van der Waals surface area contributed by atoms with E-state index in [0.717, 1.165) is 98.9 Å². The highest BCUT2D eigenvalue weighted by Crippen LogP contribution is 2.47. The van der Waals surface area contributed by atoms with Gasteiger partial charge in [0.05, 0.1) is 50.1 Å². The van der Waals surface area contributed by atoms with E-state index in [1.165, 1.54) is 0 Å². The Bertz CT molecular complexity index is 4350. The first kappa shape index (κ1) is 41.1. The molecule has 7 heteroatoms. The van der Waals surface area contributed by atoms with Crippen molar-refractivity contribution < 1.29 is 0 Å². The lowest BCUT2D eigenvalue weighted by atomic mass is 9.65. The van der Waals surface area contributed by atoms with Crippen molar-refractivity contribution in [2.45, 2.75) is 5.41 Å². The lowest BCUT2D eigenvalue weighted by molar-refractivity contribution is 0.745. The van der Waals surface area contributed by atoms with E-state index in [1.807, 2.05) is 30.3 Å². The molecule has 4 heterocycles. The van der Waals surface area contributed by atoms with Gasteiger partial charge in [-0.1, -0.05) is 188 Å². The van der Waals surface area contributed by atoms with Gasteiger partial charge >= 0.3 is 0 Å². The molecule has 0 unspecified atom stereocenters. The van der Waals surface area contributed by atoms with E-state index >= 15 is 0 Å². The molecule has 0 aliphatic rings. The van der Waals surface area contributed by atoms with E-state index in [4.69, 9.17) is 15.0 Å². The van der Waals surface area contributed by atoms with E-state index in [2.05, 4.69) is 238 Å². The number of para-hydroxylation sites is 4. The van der Waals surface area contributed by atoms with Crippen molar-refractivity contribution >= 4 is 65.4 Å². The smallest absolute Gasteiger partial charge is 0.240 e. The minimum Gasteiger partial charge on any atom is -0.309 e. The largest absolute Gasteiger partial charge is 0.309 e. The molecule has 10 aromatic carbocycles. The first-order valence-corrected chi connectivity index (χ1v) is 24.2. The Hall–Kier alpha value is -9.90. The molecule has 0 aliphatic carbocycles. The van der Waals surface area contributed by atoms with Crippen LogP contribution in [-0.2, 0) is 5.41 Å². The maximum atomic E-state index is 10.1. The summed E-state index contributed by atoms with van der Waals surface area (Å²) < 4.78 is 6.72. The molecular weight excluding hydrogens is 879 g/mol. The standard InChI is InChI=1S/C65H41N7/c66-42-43-36-38-58-54(40-43)51-31-14-16-33-55(51)71(58)63-67-62(44-20-19-27-48(41-44)65(45-21-5-1-6-22-45,46-23-7-2-8-24-46)47-25-9-3-10-26-47)68-64(69-63)72-56-34-17-13-30-50(56)52-37-39-59-60(61(52)72)53-32-15-18-35-57(53)70(59)49-28-11-4-12-29-49/h1-41H. The van der Waals surface area contributed by atoms with E-state index in [1.54, 1.807) is 0 Å². The Balaban J connectivity index is 1.11. The quantitative estimate of drug-likeness (QED) is 0.142. The molecular formula is C65H41N7.